The quantitative estimate of drug-likeness (QED) is 0.727. The Morgan fingerprint density at radius 2 is 1.88 bits per heavy atom. The Balaban J connectivity index is 1.47. The van der Waals surface area contributed by atoms with Crippen molar-refractivity contribution in [2.75, 3.05) is 12.5 Å². The van der Waals surface area contributed by atoms with Gasteiger partial charge in [0.1, 0.15) is 0 Å². The van der Waals surface area contributed by atoms with Crippen LogP contribution in [0.4, 0.5) is 0 Å². The molecule has 3 aromatic rings. The highest BCUT2D eigenvalue weighted by molar-refractivity contribution is 7.99. The van der Waals surface area contributed by atoms with Crippen molar-refractivity contribution in [2.24, 2.45) is 5.10 Å². The molecule has 5 rings (SSSR count). The van der Waals surface area contributed by atoms with Crippen molar-refractivity contribution in [3.8, 4) is 11.5 Å². The first-order chi connectivity index (χ1) is 12.4. The molecule has 2 aromatic carbocycles. The maximum absolute atomic E-state index is 5.45. The molecule has 0 saturated heterocycles. The van der Waals surface area contributed by atoms with E-state index in [4.69, 9.17) is 14.6 Å². The summed E-state index contributed by atoms with van der Waals surface area (Å²) in [6.07, 6.45) is 0.635. The molecule has 2 aliphatic rings. The molecule has 0 saturated carbocycles. The monoisotopic (exact) mass is 350 g/mol. The largest absolute Gasteiger partial charge is 0.454 e. The van der Waals surface area contributed by atoms with Gasteiger partial charge in [-0.25, -0.2) is 0 Å². The van der Waals surface area contributed by atoms with Crippen LogP contribution in [-0.4, -0.2) is 33.1 Å². The van der Waals surface area contributed by atoms with Crippen LogP contribution in [0.5, 0.6) is 11.5 Å². The van der Waals surface area contributed by atoms with Crippen molar-refractivity contribution in [2.45, 2.75) is 11.6 Å². The summed E-state index contributed by atoms with van der Waals surface area (Å²) in [7, 11) is 0. The fraction of sp³-hybridized carbons (Fsp3) is 0.167. The van der Waals surface area contributed by atoms with Gasteiger partial charge in [-0.1, -0.05) is 48.2 Å². The number of benzene rings is 2. The summed E-state index contributed by atoms with van der Waals surface area (Å²) in [6, 6.07) is 16.1. The lowest BCUT2D eigenvalue weighted by atomic mass is 10.1. The van der Waals surface area contributed by atoms with Crippen molar-refractivity contribution in [1.29, 1.82) is 0 Å². The molecule has 6 nitrogen and oxygen atoms in total. The smallest absolute Gasteiger partial charge is 0.231 e. The zero-order valence-corrected chi connectivity index (χ0v) is 14.1. The van der Waals surface area contributed by atoms with Gasteiger partial charge in [-0.15, -0.1) is 10.2 Å². The maximum Gasteiger partial charge on any atom is 0.231 e. The molecule has 0 fully saturated rings. The van der Waals surface area contributed by atoms with E-state index < -0.39 is 0 Å². The lowest BCUT2D eigenvalue weighted by molar-refractivity contribution is 0.174. The van der Waals surface area contributed by atoms with E-state index in [0.717, 1.165) is 45.1 Å². The van der Waals surface area contributed by atoms with E-state index >= 15 is 0 Å². The number of ether oxygens (including phenoxy) is 2. The molecule has 0 unspecified atom stereocenters. The molecule has 0 radical (unpaired) electrons. The van der Waals surface area contributed by atoms with E-state index in [0.29, 0.717) is 6.42 Å². The number of fused-ring (bicyclic) bond motifs is 2. The molecule has 0 spiro atoms. The lowest BCUT2D eigenvalue weighted by Crippen LogP contribution is -2.14. The SMILES string of the molecule is c1ccc(C2=Nn3c(Cc4ccc5c(c4)OCO5)nnc3SC2)cc1. The van der Waals surface area contributed by atoms with Crippen molar-refractivity contribution in [1.82, 2.24) is 14.9 Å². The fourth-order valence-corrected chi connectivity index (χ4v) is 3.74. The molecule has 0 bridgehead atoms. The Morgan fingerprint density at radius 1 is 1.00 bits per heavy atom. The van der Waals surface area contributed by atoms with Gasteiger partial charge in [0.15, 0.2) is 17.3 Å². The summed E-state index contributed by atoms with van der Waals surface area (Å²) in [5.74, 6) is 3.17. The Hall–Kier alpha value is -2.80. The Morgan fingerprint density at radius 3 is 2.80 bits per heavy atom. The van der Waals surface area contributed by atoms with Gasteiger partial charge in [-0.3, -0.25) is 0 Å². The van der Waals surface area contributed by atoms with Crippen molar-refractivity contribution in [3.05, 3.63) is 65.5 Å². The molecule has 25 heavy (non-hydrogen) atoms. The van der Waals surface area contributed by atoms with Crippen LogP contribution in [0.15, 0.2) is 58.8 Å². The first kappa shape index (κ1) is 14.5. The minimum absolute atomic E-state index is 0.278. The average Bonchev–Trinajstić information content (AvgIpc) is 3.29. The summed E-state index contributed by atoms with van der Waals surface area (Å²) >= 11 is 1.66. The highest BCUT2D eigenvalue weighted by Crippen LogP contribution is 2.33. The summed E-state index contributed by atoms with van der Waals surface area (Å²) < 4.78 is 12.7. The first-order valence-electron chi connectivity index (χ1n) is 7.96. The highest BCUT2D eigenvalue weighted by Gasteiger charge is 2.21. The van der Waals surface area contributed by atoms with Crippen LogP contribution in [0.25, 0.3) is 0 Å². The first-order valence-corrected chi connectivity index (χ1v) is 8.94. The van der Waals surface area contributed by atoms with Gasteiger partial charge >= 0.3 is 0 Å². The van der Waals surface area contributed by atoms with Crippen molar-refractivity contribution >= 4 is 17.5 Å². The molecule has 3 heterocycles. The van der Waals surface area contributed by atoms with Crippen LogP contribution < -0.4 is 9.47 Å². The van der Waals surface area contributed by atoms with E-state index in [1.165, 1.54) is 0 Å². The molecule has 2 aliphatic heterocycles. The minimum atomic E-state index is 0.278. The molecular formula is C18H14N4O2S. The maximum atomic E-state index is 5.45. The lowest BCUT2D eigenvalue weighted by Gasteiger charge is -2.14. The normalized spacial score (nSPS) is 15.0. The minimum Gasteiger partial charge on any atom is -0.454 e. The van der Waals surface area contributed by atoms with Crippen LogP contribution in [0, 0.1) is 0 Å². The van der Waals surface area contributed by atoms with Crippen molar-refractivity contribution < 1.29 is 9.47 Å². The van der Waals surface area contributed by atoms with Gasteiger partial charge in [-0.05, 0) is 23.3 Å². The Kier molecular flexibility index (Phi) is 3.45. The van der Waals surface area contributed by atoms with Gasteiger partial charge in [-0.2, -0.15) is 9.78 Å². The summed E-state index contributed by atoms with van der Waals surface area (Å²) in [5.41, 5.74) is 3.25. The number of thioether (sulfide) groups is 1. The summed E-state index contributed by atoms with van der Waals surface area (Å²) in [6.45, 7) is 0.278. The molecule has 0 N–H and O–H groups in total. The summed E-state index contributed by atoms with van der Waals surface area (Å²) in [5, 5.41) is 14.2. The zero-order valence-electron chi connectivity index (χ0n) is 13.3. The third kappa shape index (κ3) is 2.66. The Labute approximate surface area is 148 Å². The van der Waals surface area contributed by atoms with Gasteiger partial charge < -0.3 is 9.47 Å². The van der Waals surface area contributed by atoms with Gasteiger partial charge in [0.05, 0.1) is 5.71 Å². The van der Waals surface area contributed by atoms with Gasteiger partial charge in [0.25, 0.3) is 0 Å². The highest BCUT2D eigenvalue weighted by atomic mass is 32.2. The molecule has 0 aliphatic carbocycles. The molecule has 1 aromatic heterocycles. The number of nitrogens with zero attached hydrogens (tertiary/aromatic N) is 4. The molecule has 0 amide bonds. The molecule has 0 atom stereocenters. The van der Waals surface area contributed by atoms with Crippen LogP contribution in [0.1, 0.15) is 17.0 Å². The zero-order chi connectivity index (χ0) is 16.6. The van der Waals surface area contributed by atoms with Gasteiger partial charge in [0.2, 0.25) is 11.9 Å². The number of hydrogen-bond donors (Lipinski definition) is 0. The van der Waals surface area contributed by atoms with Crippen LogP contribution in [0.2, 0.25) is 0 Å². The predicted molar refractivity (Wildman–Crippen MR) is 94.5 cm³/mol. The second-order valence-electron chi connectivity index (χ2n) is 5.78. The van der Waals surface area contributed by atoms with E-state index in [1.54, 1.807) is 11.8 Å². The van der Waals surface area contributed by atoms with Crippen molar-refractivity contribution in [3.63, 3.8) is 0 Å². The molecule has 7 heteroatoms. The second kappa shape index (κ2) is 5.93. The van der Waals surface area contributed by atoms with Crippen LogP contribution >= 0.6 is 11.8 Å². The average molecular weight is 350 g/mol. The number of aromatic nitrogens is 3. The number of hydrogen-bond acceptors (Lipinski definition) is 6. The standard InChI is InChI=1S/C18H14N4O2S/c1-2-4-13(5-3-1)14-10-25-18-20-19-17(22(18)21-14)9-12-6-7-15-16(8-12)24-11-23-15/h1-8H,9-11H2. The van der Waals surface area contributed by atoms with E-state index in [9.17, 15) is 0 Å². The van der Waals surface area contributed by atoms with E-state index in [2.05, 4.69) is 22.3 Å². The van der Waals surface area contributed by atoms with E-state index in [-0.39, 0.29) is 6.79 Å². The Bertz CT molecular complexity index is 968. The molecule has 124 valence electrons. The summed E-state index contributed by atoms with van der Waals surface area (Å²) in [4.78, 5) is 0. The number of rotatable bonds is 3. The van der Waals surface area contributed by atoms with Gasteiger partial charge in [0, 0.05) is 12.2 Å². The topological polar surface area (TPSA) is 61.5 Å². The van der Waals surface area contributed by atoms with Crippen LogP contribution in [0.3, 0.4) is 0 Å². The third-order valence-corrected chi connectivity index (χ3v) is 5.07. The fourth-order valence-electron chi connectivity index (χ4n) is 2.88. The molecular weight excluding hydrogens is 336 g/mol. The predicted octanol–water partition coefficient (Wildman–Crippen LogP) is 2.96. The second-order valence-corrected chi connectivity index (χ2v) is 6.72. The third-order valence-electron chi connectivity index (χ3n) is 4.14. The van der Waals surface area contributed by atoms with E-state index in [1.807, 2.05) is 41.1 Å². The van der Waals surface area contributed by atoms with Crippen LogP contribution in [-0.2, 0) is 6.42 Å².